The van der Waals surface area contributed by atoms with E-state index in [2.05, 4.69) is 4.74 Å². The first-order valence-electron chi connectivity index (χ1n) is 5.40. The fraction of sp³-hybridized carbons (Fsp3) is 0.818. The third-order valence-corrected chi connectivity index (χ3v) is 2.54. The van der Waals surface area contributed by atoms with Gasteiger partial charge in [-0.05, 0) is 37.5 Å². The van der Waals surface area contributed by atoms with Crippen molar-refractivity contribution in [1.29, 1.82) is 0 Å². The fourth-order valence-electron chi connectivity index (χ4n) is 1.21. The average molecular weight is 214 g/mol. The molecule has 0 saturated heterocycles. The summed E-state index contributed by atoms with van der Waals surface area (Å²) in [6.45, 7) is 0. The molecule has 0 unspecified atom stereocenters. The molecule has 0 radical (unpaired) electrons. The zero-order chi connectivity index (χ0) is 11.3. The summed E-state index contributed by atoms with van der Waals surface area (Å²) in [6, 6.07) is 0. The van der Waals surface area contributed by atoms with Crippen molar-refractivity contribution in [2.45, 2.75) is 38.5 Å². The molecule has 0 atom stereocenters. The molecule has 0 aromatic carbocycles. The first-order valence-corrected chi connectivity index (χ1v) is 5.40. The molecule has 0 amide bonds. The summed E-state index contributed by atoms with van der Waals surface area (Å²) < 4.78 is 4.46. The van der Waals surface area contributed by atoms with Crippen molar-refractivity contribution in [3.8, 4) is 0 Å². The van der Waals surface area contributed by atoms with Crippen LogP contribution < -0.4 is 0 Å². The van der Waals surface area contributed by atoms with Crippen molar-refractivity contribution < 1.29 is 19.4 Å². The number of carbonyl (C=O) groups excluding carboxylic acids is 1. The Labute approximate surface area is 89.6 Å². The van der Waals surface area contributed by atoms with Gasteiger partial charge in [0.05, 0.1) is 7.11 Å². The Balaban J connectivity index is 0.000000151. The molecule has 86 valence electrons. The molecule has 15 heavy (non-hydrogen) atoms. The van der Waals surface area contributed by atoms with Crippen LogP contribution in [-0.4, -0.2) is 24.2 Å². The molecule has 0 aromatic heterocycles. The largest absolute Gasteiger partial charge is 0.481 e. The van der Waals surface area contributed by atoms with E-state index in [-0.39, 0.29) is 5.97 Å². The minimum Gasteiger partial charge on any atom is -0.481 e. The van der Waals surface area contributed by atoms with Gasteiger partial charge in [0.15, 0.2) is 0 Å². The number of carbonyl (C=O) groups is 2. The van der Waals surface area contributed by atoms with Crippen LogP contribution in [-0.2, 0) is 14.3 Å². The van der Waals surface area contributed by atoms with Gasteiger partial charge in [0.25, 0.3) is 0 Å². The Morgan fingerprint density at radius 1 is 1.13 bits per heavy atom. The third-order valence-electron chi connectivity index (χ3n) is 2.54. The molecule has 0 bridgehead atoms. The van der Waals surface area contributed by atoms with Crippen LogP contribution in [0.15, 0.2) is 0 Å². The van der Waals surface area contributed by atoms with Crippen molar-refractivity contribution in [3.05, 3.63) is 0 Å². The van der Waals surface area contributed by atoms with Crippen molar-refractivity contribution in [3.63, 3.8) is 0 Å². The summed E-state index contributed by atoms with van der Waals surface area (Å²) in [6.07, 6.45) is 5.72. The monoisotopic (exact) mass is 214 g/mol. The lowest BCUT2D eigenvalue weighted by atomic mass is 10.3. The summed E-state index contributed by atoms with van der Waals surface area (Å²) in [5, 5.41) is 8.12. The van der Waals surface area contributed by atoms with Gasteiger partial charge in [-0.25, -0.2) is 0 Å². The van der Waals surface area contributed by atoms with Crippen LogP contribution in [0.1, 0.15) is 38.5 Å². The second-order valence-corrected chi connectivity index (χ2v) is 4.26. The molecule has 2 aliphatic carbocycles. The minimum atomic E-state index is -0.650. The lowest BCUT2D eigenvalue weighted by Gasteiger charge is -1.92. The maximum atomic E-state index is 10.4. The van der Waals surface area contributed by atoms with Gasteiger partial charge in [-0.3, -0.25) is 9.59 Å². The molecular formula is C11H18O4. The molecule has 2 fully saturated rings. The second-order valence-electron chi connectivity index (χ2n) is 4.26. The van der Waals surface area contributed by atoms with E-state index in [4.69, 9.17) is 5.11 Å². The zero-order valence-corrected chi connectivity index (χ0v) is 9.07. The Morgan fingerprint density at radius 2 is 1.60 bits per heavy atom. The van der Waals surface area contributed by atoms with E-state index < -0.39 is 5.97 Å². The lowest BCUT2D eigenvalue weighted by Crippen LogP contribution is -1.99. The SMILES string of the molecule is COC(=O)CC1CC1.O=C(O)CC1CC1. The fourth-order valence-corrected chi connectivity index (χ4v) is 1.21. The number of ether oxygens (including phenoxy) is 1. The van der Waals surface area contributed by atoms with Gasteiger partial charge in [0.1, 0.15) is 0 Å². The molecular weight excluding hydrogens is 196 g/mol. The van der Waals surface area contributed by atoms with Crippen LogP contribution >= 0.6 is 0 Å². The Bertz CT molecular complexity index is 229. The maximum absolute atomic E-state index is 10.4. The third kappa shape index (κ3) is 6.94. The number of aliphatic carboxylic acids is 1. The van der Waals surface area contributed by atoms with E-state index >= 15 is 0 Å². The van der Waals surface area contributed by atoms with Crippen molar-refractivity contribution in [2.24, 2.45) is 11.8 Å². The minimum absolute atomic E-state index is 0.0625. The van der Waals surface area contributed by atoms with E-state index in [1.807, 2.05) is 0 Å². The Morgan fingerprint density at radius 3 is 1.87 bits per heavy atom. The van der Waals surface area contributed by atoms with E-state index in [0.717, 1.165) is 12.8 Å². The van der Waals surface area contributed by atoms with Gasteiger partial charge in [-0.1, -0.05) is 0 Å². The second kappa shape index (κ2) is 5.73. The van der Waals surface area contributed by atoms with Crippen LogP contribution in [0.2, 0.25) is 0 Å². The van der Waals surface area contributed by atoms with Gasteiger partial charge in [0, 0.05) is 12.8 Å². The summed E-state index contributed by atoms with van der Waals surface area (Å²) in [5.74, 6) is 0.468. The summed E-state index contributed by atoms with van der Waals surface area (Å²) >= 11 is 0. The number of rotatable bonds is 4. The highest BCUT2D eigenvalue weighted by molar-refractivity contribution is 5.69. The van der Waals surface area contributed by atoms with Crippen LogP contribution in [0.5, 0.6) is 0 Å². The number of methoxy groups -OCH3 is 1. The molecule has 4 nitrogen and oxygen atoms in total. The molecule has 2 rings (SSSR count). The predicted molar refractivity (Wildman–Crippen MR) is 54.3 cm³/mol. The number of esters is 1. The highest BCUT2D eigenvalue weighted by atomic mass is 16.5. The Hall–Kier alpha value is -1.06. The number of hydrogen-bond donors (Lipinski definition) is 1. The van der Waals surface area contributed by atoms with E-state index in [1.165, 1.54) is 20.0 Å². The van der Waals surface area contributed by atoms with E-state index in [9.17, 15) is 9.59 Å². The van der Waals surface area contributed by atoms with Crippen molar-refractivity contribution in [1.82, 2.24) is 0 Å². The molecule has 0 aliphatic heterocycles. The van der Waals surface area contributed by atoms with Crippen LogP contribution in [0.3, 0.4) is 0 Å². The smallest absolute Gasteiger partial charge is 0.305 e. The van der Waals surface area contributed by atoms with Gasteiger partial charge in [0.2, 0.25) is 0 Å². The van der Waals surface area contributed by atoms with Crippen molar-refractivity contribution >= 4 is 11.9 Å². The molecule has 4 heteroatoms. The summed E-state index contributed by atoms with van der Waals surface area (Å²) in [7, 11) is 1.44. The van der Waals surface area contributed by atoms with Crippen molar-refractivity contribution in [2.75, 3.05) is 7.11 Å². The normalized spacial score (nSPS) is 18.7. The highest BCUT2D eigenvalue weighted by Crippen LogP contribution is 2.32. The number of carboxylic acid groups (broad SMARTS) is 1. The molecule has 0 aromatic rings. The summed E-state index contributed by atoms with van der Waals surface area (Å²) in [4.78, 5) is 20.3. The predicted octanol–water partition coefficient (Wildman–Crippen LogP) is 1.83. The number of carboxylic acids is 1. The van der Waals surface area contributed by atoms with Crippen LogP contribution in [0, 0.1) is 11.8 Å². The molecule has 0 spiro atoms. The van der Waals surface area contributed by atoms with Gasteiger partial charge >= 0.3 is 11.9 Å². The van der Waals surface area contributed by atoms with Gasteiger partial charge in [-0.15, -0.1) is 0 Å². The van der Waals surface area contributed by atoms with Gasteiger partial charge in [-0.2, -0.15) is 0 Å². The van der Waals surface area contributed by atoms with E-state index in [1.54, 1.807) is 0 Å². The summed E-state index contributed by atoms with van der Waals surface area (Å²) in [5.41, 5.74) is 0. The lowest BCUT2D eigenvalue weighted by molar-refractivity contribution is -0.141. The van der Waals surface area contributed by atoms with Gasteiger partial charge < -0.3 is 9.84 Å². The molecule has 0 heterocycles. The number of hydrogen-bond acceptors (Lipinski definition) is 3. The standard InChI is InChI=1S/C6H10O2.C5H8O2/c1-8-6(7)4-5-2-3-5;6-5(7)3-4-1-2-4/h5H,2-4H2,1H3;4H,1-3H2,(H,6,7). The molecule has 2 saturated carbocycles. The van der Waals surface area contributed by atoms with Crippen LogP contribution in [0.4, 0.5) is 0 Å². The molecule has 2 aliphatic rings. The average Bonchev–Trinajstić information content (AvgIpc) is 3.00. The zero-order valence-electron chi connectivity index (χ0n) is 9.07. The molecule has 1 N–H and O–H groups in total. The highest BCUT2D eigenvalue weighted by Gasteiger charge is 2.24. The van der Waals surface area contributed by atoms with Crippen LogP contribution in [0.25, 0.3) is 0 Å². The quantitative estimate of drug-likeness (QED) is 0.725. The topological polar surface area (TPSA) is 63.6 Å². The maximum Gasteiger partial charge on any atom is 0.305 e. The van der Waals surface area contributed by atoms with E-state index in [0.29, 0.717) is 24.7 Å². The Kier molecular flexibility index (Phi) is 4.59. The first-order chi connectivity index (χ1) is 7.11. The first kappa shape index (κ1) is 12.0.